The van der Waals surface area contributed by atoms with E-state index < -0.39 is 0 Å². The third kappa shape index (κ3) is 3.84. The molecule has 6 heteroatoms. The molecule has 2 N–H and O–H groups in total. The highest BCUT2D eigenvalue weighted by molar-refractivity contribution is 9.10. The van der Waals surface area contributed by atoms with Crippen molar-refractivity contribution < 1.29 is 0 Å². The first kappa shape index (κ1) is 15.1. The predicted octanol–water partition coefficient (Wildman–Crippen LogP) is 4.63. The predicted molar refractivity (Wildman–Crippen MR) is 88.0 cm³/mol. The zero-order valence-electron chi connectivity index (χ0n) is 11.4. The Morgan fingerprint density at radius 1 is 1.15 bits per heavy atom. The Morgan fingerprint density at radius 2 is 1.90 bits per heavy atom. The van der Waals surface area contributed by atoms with Crippen molar-refractivity contribution in [2.24, 2.45) is 0 Å². The summed E-state index contributed by atoms with van der Waals surface area (Å²) >= 11 is 9.46. The van der Waals surface area contributed by atoms with E-state index in [4.69, 9.17) is 11.6 Å². The third-order valence-corrected chi connectivity index (χ3v) is 3.87. The molecule has 1 aromatic carbocycles. The van der Waals surface area contributed by atoms with E-state index in [1.165, 1.54) is 0 Å². The van der Waals surface area contributed by atoms with Crippen LogP contribution in [0.5, 0.6) is 0 Å². The van der Waals surface area contributed by atoms with Gasteiger partial charge in [0.2, 0.25) is 0 Å². The minimum absolute atomic E-state index is 0.659. The number of hydrogen-bond acceptors (Lipinski definition) is 4. The van der Waals surface area contributed by atoms with Crippen molar-refractivity contribution in [3.8, 4) is 0 Å². The Hall–Kier alpha value is -1.33. The zero-order valence-corrected chi connectivity index (χ0v) is 13.7. The molecule has 2 rings (SSSR count). The summed E-state index contributed by atoms with van der Waals surface area (Å²) in [6.45, 7) is 4.89. The first-order chi connectivity index (χ1) is 9.62. The molecule has 1 heterocycles. The largest absolute Gasteiger partial charge is 0.370 e. The fourth-order valence-electron chi connectivity index (χ4n) is 1.71. The second-order valence-electron chi connectivity index (χ2n) is 4.19. The summed E-state index contributed by atoms with van der Waals surface area (Å²) in [5, 5.41) is 7.11. The molecule has 0 amide bonds. The van der Waals surface area contributed by atoms with Crippen LogP contribution in [-0.4, -0.2) is 16.5 Å². The molecule has 106 valence electrons. The number of halogens is 2. The van der Waals surface area contributed by atoms with Crippen LogP contribution in [0, 0.1) is 0 Å². The second kappa shape index (κ2) is 6.90. The van der Waals surface area contributed by atoms with E-state index in [1.807, 2.05) is 38.1 Å². The molecule has 0 spiro atoms. The molecule has 0 atom stereocenters. The molecule has 4 nitrogen and oxygen atoms in total. The van der Waals surface area contributed by atoms with Gasteiger partial charge < -0.3 is 10.6 Å². The summed E-state index contributed by atoms with van der Waals surface area (Å²) in [5.41, 5.74) is 0.890. The quantitative estimate of drug-likeness (QED) is 0.821. The van der Waals surface area contributed by atoms with Crippen LogP contribution < -0.4 is 10.6 Å². The van der Waals surface area contributed by atoms with E-state index in [0.717, 1.165) is 40.6 Å². The lowest BCUT2D eigenvalue weighted by atomic mass is 10.3. The van der Waals surface area contributed by atoms with Crippen LogP contribution in [0.4, 0.5) is 17.3 Å². The Bertz CT molecular complexity index is 604. The van der Waals surface area contributed by atoms with Gasteiger partial charge in [0.15, 0.2) is 0 Å². The fraction of sp³-hybridized carbons (Fsp3) is 0.286. The first-order valence-electron chi connectivity index (χ1n) is 6.46. The Morgan fingerprint density at radius 3 is 2.55 bits per heavy atom. The van der Waals surface area contributed by atoms with Gasteiger partial charge in [-0.15, -0.1) is 0 Å². The maximum absolute atomic E-state index is 6.09. The van der Waals surface area contributed by atoms with Crippen molar-refractivity contribution in [3.05, 3.63) is 39.6 Å². The third-order valence-electron chi connectivity index (χ3n) is 2.64. The summed E-state index contributed by atoms with van der Waals surface area (Å²) in [5.74, 6) is 2.38. The monoisotopic (exact) mass is 354 g/mol. The highest BCUT2D eigenvalue weighted by Crippen LogP contribution is 2.27. The van der Waals surface area contributed by atoms with Gasteiger partial charge in [-0.25, -0.2) is 9.97 Å². The van der Waals surface area contributed by atoms with Crippen LogP contribution in [0.1, 0.15) is 19.7 Å². The molecule has 0 saturated carbocycles. The summed E-state index contributed by atoms with van der Waals surface area (Å²) in [7, 11) is 0. The minimum atomic E-state index is 0.659. The zero-order chi connectivity index (χ0) is 14.5. The van der Waals surface area contributed by atoms with E-state index in [-0.39, 0.29) is 0 Å². The maximum atomic E-state index is 6.09. The number of benzene rings is 1. The van der Waals surface area contributed by atoms with E-state index in [0.29, 0.717) is 5.02 Å². The van der Waals surface area contributed by atoms with Gasteiger partial charge in [0.1, 0.15) is 17.5 Å². The van der Waals surface area contributed by atoms with Gasteiger partial charge in [0, 0.05) is 29.2 Å². The molecular weight excluding hydrogens is 340 g/mol. The van der Waals surface area contributed by atoms with Crippen molar-refractivity contribution >= 4 is 44.9 Å². The molecule has 0 aliphatic heterocycles. The SMILES string of the molecule is CCNc1cc(Nc2ccc(Br)c(Cl)c2)nc(CC)n1. The van der Waals surface area contributed by atoms with Gasteiger partial charge in [-0.05, 0) is 41.1 Å². The fourth-order valence-corrected chi connectivity index (χ4v) is 2.14. The number of aryl methyl sites for hydroxylation is 1. The van der Waals surface area contributed by atoms with Gasteiger partial charge in [0.05, 0.1) is 5.02 Å². The molecule has 20 heavy (non-hydrogen) atoms. The molecule has 0 unspecified atom stereocenters. The lowest BCUT2D eigenvalue weighted by molar-refractivity contribution is 0.939. The van der Waals surface area contributed by atoms with Gasteiger partial charge in [-0.3, -0.25) is 0 Å². The van der Waals surface area contributed by atoms with E-state index in [1.54, 1.807) is 0 Å². The Balaban J connectivity index is 2.27. The minimum Gasteiger partial charge on any atom is -0.370 e. The van der Waals surface area contributed by atoms with Crippen molar-refractivity contribution in [1.29, 1.82) is 0 Å². The smallest absolute Gasteiger partial charge is 0.136 e. The normalized spacial score (nSPS) is 10.4. The number of aromatic nitrogens is 2. The number of nitrogens with one attached hydrogen (secondary N) is 2. The topological polar surface area (TPSA) is 49.8 Å². The van der Waals surface area contributed by atoms with Crippen LogP contribution in [-0.2, 0) is 6.42 Å². The van der Waals surface area contributed by atoms with Gasteiger partial charge >= 0.3 is 0 Å². The average Bonchev–Trinajstić information content (AvgIpc) is 2.43. The number of hydrogen-bond donors (Lipinski definition) is 2. The van der Waals surface area contributed by atoms with E-state index in [9.17, 15) is 0 Å². The Kier molecular flexibility index (Phi) is 5.20. The Labute approximate surface area is 132 Å². The highest BCUT2D eigenvalue weighted by Gasteiger charge is 2.05. The molecule has 0 fully saturated rings. The van der Waals surface area contributed by atoms with E-state index >= 15 is 0 Å². The van der Waals surface area contributed by atoms with Gasteiger partial charge in [-0.1, -0.05) is 18.5 Å². The van der Waals surface area contributed by atoms with Gasteiger partial charge in [0.25, 0.3) is 0 Å². The van der Waals surface area contributed by atoms with Gasteiger partial charge in [-0.2, -0.15) is 0 Å². The maximum Gasteiger partial charge on any atom is 0.136 e. The van der Waals surface area contributed by atoms with Crippen molar-refractivity contribution in [2.75, 3.05) is 17.2 Å². The molecule has 0 saturated heterocycles. The van der Waals surface area contributed by atoms with Crippen molar-refractivity contribution in [2.45, 2.75) is 20.3 Å². The molecule has 0 aliphatic rings. The van der Waals surface area contributed by atoms with Crippen LogP contribution in [0.2, 0.25) is 5.02 Å². The lowest BCUT2D eigenvalue weighted by Gasteiger charge is -2.10. The van der Waals surface area contributed by atoms with Crippen LogP contribution in [0.25, 0.3) is 0 Å². The summed E-state index contributed by atoms with van der Waals surface area (Å²) < 4.78 is 0.870. The second-order valence-corrected chi connectivity index (χ2v) is 5.45. The van der Waals surface area contributed by atoms with Crippen LogP contribution in [0.3, 0.4) is 0 Å². The van der Waals surface area contributed by atoms with Crippen LogP contribution in [0.15, 0.2) is 28.7 Å². The first-order valence-corrected chi connectivity index (χ1v) is 7.63. The standard InChI is InChI=1S/C14H16BrClN4/c1-3-12-19-13(17-4-2)8-14(20-12)18-9-5-6-10(15)11(16)7-9/h5-8H,3-4H2,1-2H3,(H2,17,18,19,20). The molecule has 1 aromatic heterocycles. The summed E-state index contributed by atoms with van der Waals surface area (Å²) in [4.78, 5) is 8.88. The molecule has 0 radical (unpaired) electrons. The number of anilines is 3. The number of rotatable bonds is 5. The summed E-state index contributed by atoms with van der Waals surface area (Å²) in [6, 6.07) is 7.58. The molecule has 0 bridgehead atoms. The summed E-state index contributed by atoms with van der Waals surface area (Å²) in [6.07, 6.45) is 0.787. The van der Waals surface area contributed by atoms with Crippen molar-refractivity contribution in [3.63, 3.8) is 0 Å². The highest BCUT2D eigenvalue weighted by atomic mass is 79.9. The molecule has 2 aromatic rings. The van der Waals surface area contributed by atoms with Crippen LogP contribution >= 0.6 is 27.5 Å². The van der Waals surface area contributed by atoms with E-state index in [2.05, 4.69) is 36.5 Å². The molecular formula is C14H16BrClN4. The molecule has 0 aliphatic carbocycles. The van der Waals surface area contributed by atoms with Crippen molar-refractivity contribution in [1.82, 2.24) is 9.97 Å². The average molecular weight is 356 g/mol. The number of nitrogens with zero attached hydrogens (tertiary/aromatic N) is 2. The lowest BCUT2D eigenvalue weighted by Crippen LogP contribution is -2.05.